The smallest absolute Gasteiger partial charge is 0.238 e. The molecule has 1 fully saturated rings. The molecule has 1 heterocycles. The maximum atomic E-state index is 12.5. The number of nitrogens with zero attached hydrogens (tertiary/aromatic N) is 1. The lowest BCUT2D eigenvalue weighted by molar-refractivity contribution is -0.117. The third-order valence-electron chi connectivity index (χ3n) is 4.97. The lowest BCUT2D eigenvalue weighted by Crippen LogP contribution is -2.39. The molecule has 0 radical (unpaired) electrons. The van der Waals surface area contributed by atoms with Crippen molar-refractivity contribution in [2.45, 2.75) is 39.2 Å². The van der Waals surface area contributed by atoms with Crippen LogP contribution in [0.4, 0.5) is 5.69 Å². The Balaban J connectivity index is 1.46. The third kappa shape index (κ3) is 6.10. The van der Waals surface area contributed by atoms with E-state index in [1.807, 2.05) is 38.1 Å². The average Bonchev–Trinajstić information content (AvgIpc) is 2.65. The summed E-state index contributed by atoms with van der Waals surface area (Å²) in [7, 11) is 0. The molecule has 2 aromatic carbocycles. The van der Waals surface area contributed by atoms with Crippen molar-refractivity contribution in [2.75, 3.05) is 25.0 Å². The Morgan fingerprint density at radius 3 is 2.44 bits per heavy atom. The quantitative estimate of drug-likeness (QED) is 0.791. The Bertz CT molecular complexity index is 722. The summed E-state index contributed by atoms with van der Waals surface area (Å²) in [4.78, 5) is 14.7. The van der Waals surface area contributed by atoms with Crippen LogP contribution in [0, 0.1) is 5.92 Å². The van der Waals surface area contributed by atoms with E-state index in [0.717, 1.165) is 43.8 Å². The molecule has 3 rings (SSSR count). The Hall–Kier alpha value is -2.33. The molecule has 1 aliphatic heterocycles. The van der Waals surface area contributed by atoms with Crippen molar-refractivity contribution in [3.8, 4) is 5.75 Å². The number of carbonyl (C=O) groups excluding carboxylic acids is 1. The first-order valence-corrected chi connectivity index (χ1v) is 9.92. The molecule has 0 aliphatic carbocycles. The van der Waals surface area contributed by atoms with Crippen LogP contribution in [-0.2, 0) is 11.2 Å². The van der Waals surface area contributed by atoms with E-state index in [1.165, 1.54) is 5.56 Å². The summed E-state index contributed by atoms with van der Waals surface area (Å²) < 4.78 is 5.78. The minimum Gasteiger partial charge on any atom is -0.489 e. The van der Waals surface area contributed by atoms with Gasteiger partial charge in [-0.2, -0.15) is 0 Å². The van der Waals surface area contributed by atoms with Crippen LogP contribution in [0.25, 0.3) is 0 Å². The summed E-state index contributed by atoms with van der Waals surface area (Å²) in [5.41, 5.74) is 2.16. The normalized spacial score (nSPS) is 15.7. The first kappa shape index (κ1) is 19.4. The second kappa shape index (κ2) is 9.56. The van der Waals surface area contributed by atoms with Crippen molar-refractivity contribution in [3.63, 3.8) is 0 Å². The van der Waals surface area contributed by atoms with Crippen LogP contribution in [0.15, 0.2) is 54.6 Å². The molecule has 0 aromatic heterocycles. The number of likely N-dealkylation sites (tertiary alicyclic amines) is 1. The van der Waals surface area contributed by atoms with Gasteiger partial charge in [0.1, 0.15) is 5.75 Å². The number of rotatable bonds is 7. The fourth-order valence-corrected chi connectivity index (χ4v) is 3.62. The first-order chi connectivity index (χ1) is 13.1. The average molecular weight is 367 g/mol. The molecular formula is C23H30N2O2. The molecule has 1 aliphatic rings. The van der Waals surface area contributed by atoms with E-state index in [-0.39, 0.29) is 12.0 Å². The molecule has 0 bridgehead atoms. The largest absolute Gasteiger partial charge is 0.489 e. The predicted octanol–water partition coefficient (Wildman–Crippen LogP) is 4.37. The van der Waals surface area contributed by atoms with Gasteiger partial charge in [-0.15, -0.1) is 0 Å². The SMILES string of the molecule is CC(C)Oc1ccccc1NC(=O)CN1CCC(Cc2ccccc2)CC1. The third-order valence-corrected chi connectivity index (χ3v) is 4.97. The summed E-state index contributed by atoms with van der Waals surface area (Å²) in [5.74, 6) is 1.46. The van der Waals surface area contributed by atoms with Gasteiger partial charge in [-0.25, -0.2) is 0 Å². The maximum Gasteiger partial charge on any atom is 0.238 e. The molecule has 2 aromatic rings. The van der Waals surface area contributed by atoms with Crippen LogP contribution < -0.4 is 10.1 Å². The van der Waals surface area contributed by atoms with Crippen LogP contribution in [0.2, 0.25) is 0 Å². The van der Waals surface area contributed by atoms with Gasteiger partial charge in [0.25, 0.3) is 0 Å². The highest BCUT2D eigenvalue weighted by atomic mass is 16.5. The van der Waals surface area contributed by atoms with Gasteiger partial charge in [-0.1, -0.05) is 42.5 Å². The van der Waals surface area contributed by atoms with Gasteiger partial charge < -0.3 is 10.1 Å². The minimum absolute atomic E-state index is 0.0244. The van der Waals surface area contributed by atoms with E-state index in [0.29, 0.717) is 12.5 Å². The van der Waals surface area contributed by atoms with Crippen LogP contribution in [0.1, 0.15) is 32.3 Å². The van der Waals surface area contributed by atoms with Crippen LogP contribution >= 0.6 is 0 Å². The maximum absolute atomic E-state index is 12.5. The van der Waals surface area contributed by atoms with Gasteiger partial charge in [0.05, 0.1) is 18.3 Å². The summed E-state index contributed by atoms with van der Waals surface area (Å²) in [6, 6.07) is 18.3. The number of amides is 1. The van der Waals surface area contributed by atoms with Gasteiger partial charge in [0.2, 0.25) is 5.91 Å². The highest BCUT2D eigenvalue weighted by molar-refractivity contribution is 5.93. The highest BCUT2D eigenvalue weighted by Gasteiger charge is 2.21. The molecule has 0 spiro atoms. The Kier molecular flexibility index (Phi) is 6.88. The standard InChI is InChI=1S/C23H30N2O2/c1-18(2)27-22-11-7-6-10-21(22)24-23(26)17-25-14-12-20(13-15-25)16-19-8-4-3-5-9-19/h3-11,18,20H,12-17H2,1-2H3,(H,24,26). The highest BCUT2D eigenvalue weighted by Crippen LogP contribution is 2.25. The molecule has 0 saturated carbocycles. The summed E-state index contributed by atoms with van der Waals surface area (Å²) in [5, 5.41) is 3.01. The molecule has 144 valence electrons. The fourth-order valence-electron chi connectivity index (χ4n) is 3.62. The number of hydrogen-bond acceptors (Lipinski definition) is 3. The zero-order valence-corrected chi connectivity index (χ0v) is 16.4. The summed E-state index contributed by atoms with van der Waals surface area (Å²) in [6.45, 7) is 6.37. The van der Waals surface area contributed by atoms with Crippen LogP contribution in [0.5, 0.6) is 5.75 Å². The van der Waals surface area contributed by atoms with Crippen LogP contribution in [-0.4, -0.2) is 36.5 Å². The number of piperidine rings is 1. The lowest BCUT2D eigenvalue weighted by atomic mass is 9.90. The fraction of sp³-hybridized carbons (Fsp3) is 0.435. The second-order valence-corrected chi connectivity index (χ2v) is 7.62. The van der Waals surface area contributed by atoms with E-state index in [1.54, 1.807) is 0 Å². The van der Waals surface area contributed by atoms with Crippen molar-refractivity contribution in [3.05, 3.63) is 60.2 Å². The molecule has 0 unspecified atom stereocenters. The zero-order valence-electron chi connectivity index (χ0n) is 16.4. The van der Waals surface area contributed by atoms with Gasteiger partial charge in [0.15, 0.2) is 0 Å². The van der Waals surface area contributed by atoms with Gasteiger partial charge in [0, 0.05) is 0 Å². The van der Waals surface area contributed by atoms with Crippen molar-refractivity contribution in [2.24, 2.45) is 5.92 Å². The molecule has 1 amide bonds. The molecule has 1 saturated heterocycles. The van der Waals surface area contributed by atoms with Crippen molar-refractivity contribution >= 4 is 11.6 Å². The number of nitrogens with one attached hydrogen (secondary N) is 1. The Labute approximate surface area is 162 Å². The molecule has 27 heavy (non-hydrogen) atoms. The molecule has 4 heteroatoms. The van der Waals surface area contributed by atoms with Crippen molar-refractivity contribution in [1.82, 2.24) is 4.90 Å². The van der Waals surface area contributed by atoms with Gasteiger partial charge >= 0.3 is 0 Å². The predicted molar refractivity (Wildman–Crippen MR) is 110 cm³/mol. The van der Waals surface area contributed by atoms with E-state index in [4.69, 9.17) is 4.74 Å². The van der Waals surface area contributed by atoms with Crippen molar-refractivity contribution < 1.29 is 9.53 Å². The lowest BCUT2D eigenvalue weighted by Gasteiger charge is -2.31. The Morgan fingerprint density at radius 2 is 1.74 bits per heavy atom. The molecular weight excluding hydrogens is 336 g/mol. The van der Waals surface area contributed by atoms with E-state index in [2.05, 4.69) is 40.5 Å². The molecule has 1 N–H and O–H groups in total. The monoisotopic (exact) mass is 366 g/mol. The van der Waals surface area contributed by atoms with Crippen LogP contribution in [0.3, 0.4) is 0 Å². The van der Waals surface area contributed by atoms with Crippen molar-refractivity contribution in [1.29, 1.82) is 0 Å². The van der Waals surface area contributed by atoms with Gasteiger partial charge in [-0.3, -0.25) is 9.69 Å². The number of carbonyl (C=O) groups is 1. The van der Waals surface area contributed by atoms with Gasteiger partial charge in [-0.05, 0) is 69.8 Å². The number of hydrogen-bond donors (Lipinski definition) is 1. The summed E-state index contributed by atoms with van der Waals surface area (Å²) in [6.07, 6.45) is 3.51. The van der Waals surface area contributed by atoms with E-state index < -0.39 is 0 Å². The Morgan fingerprint density at radius 1 is 1.07 bits per heavy atom. The number of benzene rings is 2. The zero-order chi connectivity index (χ0) is 19.1. The molecule has 4 nitrogen and oxygen atoms in total. The topological polar surface area (TPSA) is 41.6 Å². The molecule has 0 atom stereocenters. The summed E-state index contributed by atoms with van der Waals surface area (Å²) >= 11 is 0. The van der Waals surface area contributed by atoms with E-state index in [9.17, 15) is 4.79 Å². The first-order valence-electron chi connectivity index (χ1n) is 9.92. The number of anilines is 1. The number of para-hydroxylation sites is 2. The van der Waals surface area contributed by atoms with E-state index >= 15 is 0 Å². The number of ether oxygens (including phenoxy) is 1. The second-order valence-electron chi connectivity index (χ2n) is 7.62. The minimum atomic E-state index is 0.0244.